The third-order valence-corrected chi connectivity index (χ3v) is 4.15. The zero-order chi connectivity index (χ0) is 13.1. The standard InChI is InChI=1S/C15H21NO3/c1-17-13-5-3-2-4-12(13)16-9-11-6-7-14-15(8-11)19-10-18-14/h6-8,12-13,16H,2-5,9-10H2,1H3/p+1/t12-,13+/m1/s1. The van der Waals surface area contributed by atoms with Crippen molar-refractivity contribution in [1.29, 1.82) is 0 Å². The van der Waals surface area contributed by atoms with Crippen LogP contribution in [0, 0.1) is 0 Å². The average molecular weight is 264 g/mol. The molecule has 2 atom stereocenters. The van der Waals surface area contributed by atoms with E-state index in [1.807, 2.05) is 13.2 Å². The van der Waals surface area contributed by atoms with Gasteiger partial charge in [0, 0.05) is 19.1 Å². The van der Waals surface area contributed by atoms with E-state index < -0.39 is 0 Å². The molecule has 0 spiro atoms. The van der Waals surface area contributed by atoms with Crippen LogP contribution < -0.4 is 14.8 Å². The van der Waals surface area contributed by atoms with E-state index in [0.29, 0.717) is 18.9 Å². The van der Waals surface area contributed by atoms with Crippen LogP contribution in [-0.2, 0) is 11.3 Å². The molecule has 1 aromatic rings. The van der Waals surface area contributed by atoms with Crippen LogP contribution in [-0.4, -0.2) is 26.0 Å². The molecule has 1 fully saturated rings. The van der Waals surface area contributed by atoms with Crippen molar-refractivity contribution in [3.63, 3.8) is 0 Å². The quantitative estimate of drug-likeness (QED) is 0.895. The Morgan fingerprint density at radius 1 is 1.21 bits per heavy atom. The number of benzene rings is 1. The van der Waals surface area contributed by atoms with Gasteiger partial charge in [0.2, 0.25) is 6.79 Å². The van der Waals surface area contributed by atoms with Crippen LogP contribution in [0.1, 0.15) is 31.2 Å². The first-order valence-corrected chi connectivity index (χ1v) is 7.11. The Labute approximate surface area is 114 Å². The fraction of sp³-hybridized carbons (Fsp3) is 0.600. The fourth-order valence-electron chi connectivity index (χ4n) is 3.04. The molecule has 1 saturated carbocycles. The predicted octanol–water partition coefficient (Wildman–Crippen LogP) is 1.44. The van der Waals surface area contributed by atoms with Gasteiger partial charge in [-0.1, -0.05) is 6.42 Å². The minimum atomic E-state index is 0.344. The van der Waals surface area contributed by atoms with Gasteiger partial charge in [-0.25, -0.2) is 0 Å². The van der Waals surface area contributed by atoms with E-state index in [1.165, 1.54) is 31.2 Å². The van der Waals surface area contributed by atoms with Gasteiger partial charge >= 0.3 is 0 Å². The summed E-state index contributed by atoms with van der Waals surface area (Å²) >= 11 is 0. The first kappa shape index (κ1) is 12.8. The smallest absolute Gasteiger partial charge is 0.231 e. The summed E-state index contributed by atoms with van der Waals surface area (Å²) in [7, 11) is 1.83. The number of nitrogens with two attached hydrogens (primary N) is 1. The van der Waals surface area contributed by atoms with Crippen LogP contribution in [0.3, 0.4) is 0 Å². The summed E-state index contributed by atoms with van der Waals surface area (Å²) in [5.74, 6) is 1.73. The van der Waals surface area contributed by atoms with Gasteiger partial charge in [-0.15, -0.1) is 0 Å². The summed E-state index contributed by atoms with van der Waals surface area (Å²) in [6, 6.07) is 6.79. The summed E-state index contributed by atoms with van der Waals surface area (Å²) in [6.45, 7) is 1.32. The van der Waals surface area contributed by atoms with Crippen LogP contribution in [0.15, 0.2) is 18.2 Å². The molecule has 1 aliphatic heterocycles. The summed E-state index contributed by atoms with van der Waals surface area (Å²) in [5.41, 5.74) is 1.28. The van der Waals surface area contributed by atoms with Crippen LogP contribution in [0.2, 0.25) is 0 Å². The molecule has 1 aromatic carbocycles. The van der Waals surface area contributed by atoms with Gasteiger partial charge in [0.1, 0.15) is 18.7 Å². The zero-order valence-corrected chi connectivity index (χ0v) is 11.4. The molecule has 0 aromatic heterocycles. The van der Waals surface area contributed by atoms with E-state index >= 15 is 0 Å². The third kappa shape index (κ3) is 2.85. The number of quaternary nitrogens is 1. The third-order valence-electron chi connectivity index (χ3n) is 4.15. The molecule has 0 bridgehead atoms. The van der Waals surface area contributed by atoms with Gasteiger partial charge in [0.25, 0.3) is 0 Å². The summed E-state index contributed by atoms with van der Waals surface area (Å²) in [5, 5.41) is 2.41. The second-order valence-electron chi connectivity index (χ2n) is 5.35. The highest BCUT2D eigenvalue weighted by atomic mass is 16.7. The van der Waals surface area contributed by atoms with Crippen molar-refractivity contribution < 1.29 is 19.5 Å². The lowest BCUT2D eigenvalue weighted by molar-refractivity contribution is -0.713. The van der Waals surface area contributed by atoms with Crippen molar-refractivity contribution in [2.45, 2.75) is 44.4 Å². The van der Waals surface area contributed by atoms with E-state index in [2.05, 4.69) is 17.4 Å². The number of rotatable bonds is 4. The Bertz CT molecular complexity index is 435. The van der Waals surface area contributed by atoms with Crippen molar-refractivity contribution in [2.75, 3.05) is 13.9 Å². The van der Waals surface area contributed by atoms with Crippen molar-refractivity contribution in [2.24, 2.45) is 0 Å². The maximum Gasteiger partial charge on any atom is 0.231 e. The van der Waals surface area contributed by atoms with E-state index in [1.54, 1.807) is 0 Å². The monoisotopic (exact) mass is 264 g/mol. The summed E-state index contributed by atoms with van der Waals surface area (Å²) < 4.78 is 16.3. The van der Waals surface area contributed by atoms with Crippen LogP contribution in [0.4, 0.5) is 0 Å². The Morgan fingerprint density at radius 2 is 2.05 bits per heavy atom. The molecule has 2 N–H and O–H groups in total. The van der Waals surface area contributed by atoms with Gasteiger partial charge < -0.3 is 19.5 Å². The maximum absolute atomic E-state index is 5.59. The van der Waals surface area contributed by atoms with Gasteiger partial charge in [0.15, 0.2) is 11.5 Å². The molecule has 2 aliphatic rings. The lowest BCUT2D eigenvalue weighted by Crippen LogP contribution is -2.91. The highest BCUT2D eigenvalue weighted by Gasteiger charge is 2.27. The van der Waals surface area contributed by atoms with Crippen LogP contribution >= 0.6 is 0 Å². The minimum Gasteiger partial charge on any atom is -0.454 e. The van der Waals surface area contributed by atoms with Crippen molar-refractivity contribution in [1.82, 2.24) is 0 Å². The lowest BCUT2D eigenvalue weighted by atomic mass is 9.92. The molecule has 19 heavy (non-hydrogen) atoms. The maximum atomic E-state index is 5.59. The summed E-state index contributed by atoms with van der Waals surface area (Å²) in [4.78, 5) is 0. The molecule has 0 saturated heterocycles. The van der Waals surface area contributed by atoms with Crippen molar-refractivity contribution >= 4 is 0 Å². The topological polar surface area (TPSA) is 44.3 Å². The lowest BCUT2D eigenvalue weighted by Gasteiger charge is -2.28. The molecular weight excluding hydrogens is 242 g/mol. The molecule has 104 valence electrons. The zero-order valence-electron chi connectivity index (χ0n) is 11.4. The van der Waals surface area contributed by atoms with E-state index in [9.17, 15) is 0 Å². The van der Waals surface area contributed by atoms with E-state index in [-0.39, 0.29) is 0 Å². The second kappa shape index (κ2) is 5.80. The number of methoxy groups -OCH3 is 1. The van der Waals surface area contributed by atoms with Gasteiger partial charge in [0.05, 0.1) is 0 Å². The predicted molar refractivity (Wildman–Crippen MR) is 71.2 cm³/mol. The van der Waals surface area contributed by atoms with Crippen molar-refractivity contribution in [3.05, 3.63) is 23.8 Å². The number of hydrogen-bond acceptors (Lipinski definition) is 3. The van der Waals surface area contributed by atoms with Crippen LogP contribution in [0.5, 0.6) is 11.5 Å². The highest BCUT2D eigenvalue weighted by molar-refractivity contribution is 5.44. The molecule has 4 heteroatoms. The van der Waals surface area contributed by atoms with E-state index in [4.69, 9.17) is 14.2 Å². The minimum absolute atomic E-state index is 0.344. The normalized spacial score (nSPS) is 25.5. The molecule has 0 unspecified atom stereocenters. The Kier molecular flexibility index (Phi) is 3.89. The number of ether oxygens (including phenoxy) is 3. The first-order chi connectivity index (χ1) is 9.36. The fourth-order valence-corrected chi connectivity index (χ4v) is 3.04. The molecule has 0 radical (unpaired) electrons. The van der Waals surface area contributed by atoms with Crippen LogP contribution in [0.25, 0.3) is 0 Å². The van der Waals surface area contributed by atoms with Crippen molar-refractivity contribution in [3.8, 4) is 11.5 Å². The molecular formula is C15H22NO3+. The highest BCUT2D eigenvalue weighted by Crippen LogP contribution is 2.32. The Morgan fingerprint density at radius 3 is 2.95 bits per heavy atom. The molecule has 4 nitrogen and oxygen atoms in total. The SMILES string of the molecule is CO[C@H]1CCCC[C@H]1[NH2+]Cc1ccc2c(c1)OCO2. The second-order valence-corrected chi connectivity index (χ2v) is 5.35. The number of fused-ring (bicyclic) bond motifs is 1. The first-order valence-electron chi connectivity index (χ1n) is 7.11. The number of hydrogen-bond donors (Lipinski definition) is 1. The van der Waals surface area contributed by atoms with Gasteiger partial charge in [-0.2, -0.15) is 0 Å². The summed E-state index contributed by atoms with van der Waals surface area (Å²) in [6.07, 6.45) is 5.47. The Hall–Kier alpha value is -1.26. The van der Waals surface area contributed by atoms with Gasteiger partial charge in [-0.3, -0.25) is 0 Å². The molecule has 3 rings (SSSR count). The molecule has 0 amide bonds. The average Bonchev–Trinajstić information content (AvgIpc) is 2.93. The van der Waals surface area contributed by atoms with E-state index in [0.717, 1.165) is 18.0 Å². The largest absolute Gasteiger partial charge is 0.454 e. The Balaban J connectivity index is 1.59. The molecule has 1 heterocycles. The molecule has 1 aliphatic carbocycles. The van der Waals surface area contributed by atoms with Gasteiger partial charge in [-0.05, 0) is 31.0 Å².